The highest BCUT2D eigenvalue weighted by Gasteiger charge is 2.37. The van der Waals surface area contributed by atoms with Crippen LogP contribution in [0.5, 0.6) is 11.5 Å². The maximum absolute atomic E-state index is 14.2. The molecule has 0 saturated heterocycles. The van der Waals surface area contributed by atoms with Crippen LogP contribution in [0.4, 0.5) is 10.1 Å². The molecule has 0 aliphatic rings. The van der Waals surface area contributed by atoms with Crippen molar-refractivity contribution in [1.29, 1.82) is 0 Å². The smallest absolute Gasteiger partial charge is 0.333 e. The van der Waals surface area contributed by atoms with Crippen molar-refractivity contribution in [3.8, 4) is 11.5 Å². The Bertz CT molecular complexity index is 1200. The molecule has 0 spiro atoms. The van der Waals surface area contributed by atoms with Crippen molar-refractivity contribution in [2.45, 2.75) is 56.8 Å². The third-order valence-electron chi connectivity index (χ3n) is 6.27. The van der Waals surface area contributed by atoms with Crippen molar-refractivity contribution < 1.29 is 36.2 Å². The van der Waals surface area contributed by atoms with Gasteiger partial charge in [-0.15, -0.1) is 0 Å². The molecular weight excluding hydrogens is 517 g/mol. The summed E-state index contributed by atoms with van der Waals surface area (Å²) in [5.41, 5.74) is 0.630. The van der Waals surface area contributed by atoms with Crippen LogP contribution in [0.3, 0.4) is 0 Å². The van der Waals surface area contributed by atoms with E-state index in [0.717, 1.165) is 6.26 Å². The number of hydrogen-bond acceptors (Lipinski definition) is 8. The van der Waals surface area contributed by atoms with Gasteiger partial charge in [-0.05, 0) is 49.3 Å². The van der Waals surface area contributed by atoms with Crippen LogP contribution in [0.2, 0.25) is 18.1 Å². The number of ether oxygens (including phenoxy) is 3. The van der Waals surface area contributed by atoms with Crippen molar-refractivity contribution in [3.05, 3.63) is 47.8 Å². The molecule has 1 atom stereocenters. The van der Waals surface area contributed by atoms with Crippen LogP contribution in [0.15, 0.2) is 41.3 Å². The summed E-state index contributed by atoms with van der Waals surface area (Å²) in [5, 5.41) is 3.04. The number of sulfone groups is 1. The molecule has 0 radical (unpaired) electrons. The Kier molecular flexibility index (Phi) is 10.1. The van der Waals surface area contributed by atoms with Crippen LogP contribution in [-0.4, -0.2) is 55.9 Å². The lowest BCUT2D eigenvalue weighted by atomic mass is 10.0. The zero-order valence-electron chi connectivity index (χ0n) is 22.8. The van der Waals surface area contributed by atoms with Crippen LogP contribution in [0, 0.1) is 5.82 Å². The van der Waals surface area contributed by atoms with E-state index in [-0.39, 0.29) is 34.6 Å². The number of anilines is 1. The first-order valence-electron chi connectivity index (χ1n) is 12.0. The molecule has 206 valence electrons. The van der Waals surface area contributed by atoms with Gasteiger partial charge < -0.3 is 24.0 Å². The number of esters is 1. The second-order valence-corrected chi connectivity index (χ2v) is 17.0. The molecule has 8 nitrogen and oxygen atoms in total. The molecule has 0 aliphatic carbocycles. The molecule has 0 aromatic heterocycles. The molecule has 0 heterocycles. The Morgan fingerprint density at radius 3 is 2.35 bits per heavy atom. The Morgan fingerprint density at radius 1 is 1.11 bits per heavy atom. The third-order valence-corrected chi connectivity index (χ3v) is 11.9. The van der Waals surface area contributed by atoms with Gasteiger partial charge in [0.25, 0.3) is 0 Å². The van der Waals surface area contributed by atoms with Crippen LogP contribution in [0.1, 0.15) is 39.3 Å². The summed E-state index contributed by atoms with van der Waals surface area (Å²) in [6, 6.07) is 7.06. The summed E-state index contributed by atoms with van der Waals surface area (Å²) in [6.45, 7) is 12.9. The maximum atomic E-state index is 14.2. The predicted molar refractivity (Wildman–Crippen MR) is 144 cm³/mol. The highest BCUT2D eigenvalue weighted by atomic mass is 32.2. The van der Waals surface area contributed by atoms with Gasteiger partial charge in [-0.25, -0.2) is 17.6 Å². The fraction of sp³-hybridized carbons (Fsp3) is 0.500. The number of rotatable bonds is 12. The highest BCUT2D eigenvalue weighted by molar-refractivity contribution is 7.90. The van der Waals surface area contributed by atoms with E-state index in [1.165, 1.54) is 37.4 Å². The number of hydrogen-bond donors (Lipinski definition) is 1. The van der Waals surface area contributed by atoms with Crippen LogP contribution in [0.25, 0.3) is 0 Å². The molecule has 0 bridgehead atoms. The number of carbonyl (C=O) groups excluding carboxylic acids is 1. The minimum atomic E-state index is -3.56. The van der Waals surface area contributed by atoms with E-state index in [1.807, 2.05) is 0 Å². The first-order valence-corrected chi connectivity index (χ1v) is 16.8. The summed E-state index contributed by atoms with van der Waals surface area (Å²) in [6.07, 6.45) is 1.08. The van der Waals surface area contributed by atoms with E-state index in [1.54, 1.807) is 13.0 Å². The number of nitrogens with one attached hydrogen (secondary N) is 1. The molecule has 2 aromatic rings. The van der Waals surface area contributed by atoms with Gasteiger partial charge in [0.1, 0.15) is 23.9 Å². The number of methoxy groups -OCH3 is 1. The molecule has 0 aliphatic heterocycles. The minimum Gasteiger partial charge on any atom is -0.497 e. The second-order valence-electron chi connectivity index (χ2n) is 10.1. The molecule has 0 saturated carbocycles. The molecule has 37 heavy (non-hydrogen) atoms. The molecule has 1 N–H and O–H groups in total. The summed E-state index contributed by atoms with van der Waals surface area (Å²) < 4.78 is 61.1. The van der Waals surface area contributed by atoms with Crippen LogP contribution >= 0.6 is 0 Å². The first kappa shape index (κ1) is 30.6. The second kappa shape index (κ2) is 12.3. The van der Waals surface area contributed by atoms with Crippen LogP contribution in [-0.2, 0) is 23.8 Å². The van der Waals surface area contributed by atoms with Gasteiger partial charge in [0.15, 0.2) is 24.2 Å². The summed E-state index contributed by atoms with van der Waals surface area (Å²) in [4.78, 5) is 13.0. The van der Waals surface area contributed by atoms with Crippen LogP contribution < -0.4 is 14.8 Å². The number of halogens is 1. The van der Waals surface area contributed by atoms with Gasteiger partial charge >= 0.3 is 5.97 Å². The van der Waals surface area contributed by atoms with Gasteiger partial charge in [-0.2, -0.15) is 0 Å². The van der Waals surface area contributed by atoms with E-state index in [2.05, 4.69) is 39.2 Å². The molecule has 11 heteroatoms. The molecule has 1 unspecified atom stereocenters. The average Bonchev–Trinajstić information content (AvgIpc) is 2.79. The predicted octanol–water partition coefficient (Wildman–Crippen LogP) is 5.35. The highest BCUT2D eigenvalue weighted by Crippen LogP contribution is 2.37. The molecule has 2 aromatic carbocycles. The van der Waals surface area contributed by atoms with Gasteiger partial charge in [0.2, 0.25) is 0 Å². The normalized spacial score (nSPS) is 13.1. The Balaban J connectivity index is 2.39. The topological polar surface area (TPSA) is 100 Å². The summed E-state index contributed by atoms with van der Waals surface area (Å²) >= 11 is 0. The third kappa shape index (κ3) is 8.44. The SMILES string of the molecule is CCOC(=O)C(Nc1cc(OC)cc(S(C)(=O)=O)c1)c1ccc(F)cc1OCCO[Si](C)(C)C(C)(C)C. The number of carbonyl (C=O) groups is 1. The lowest BCUT2D eigenvalue weighted by Gasteiger charge is -2.36. The largest absolute Gasteiger partial charge is 0.497 e. The summed E-state index contributed by atoms with van der Waals surface area (Å²) in [7, 11) is -4.15. The van der Waals surface area contributed by atoms with Crippen molar-refractivity contribution in [1.82, 2.24) is 0 Å². The summed E-state index contributed by atoms with van der Waals surface area (Å²) in [5.74, 6) is -0.741. The molecule has 2 rings (SSSR count). The molecule has 0 amide bonds. The molecular formula is C26H38FNO7SSi. The quantitative estimate of drug-likeness (QED) is 0.212. The Morgan fingerprint density at radius 2 is 1.78 bits per heavy atom. The monoisotopic (exact) mass is 555 g/mol. The molecule has 0 fully saturated rings. The lowest BCUT2D eigenvalue weighted by molar-refractivity contribution is -0.144. The van der Waals surface area contributed by atoms with E-state index < -0.39 is 36.0 Å². The van der Waals surface area contributed by atoms with E-state index in [9.17, 15) is 17.6 Å². The Hall–Kier alpha value is -2.63. The average molecular weight is 556 g/mol. The van der Waals surface area contributed by atoms with Gasteiger partial charge in [0.05, 0.1) is 25.2 Å². The van der Waals surface area contributed by atoms with Gasteiger partial charge in [-0.3, -0.25) is 0 Å². The zero-order valence-corrected chi connectivity index (χ0v) is 24.6. The van der Waals surface area contributed by atoms with Gasteiger partial charge in [0, 0.05) is 29.6 Å². The number of benzene rings is 2. The first-order chi connectivity index (χ1) is 17.1. The van der Waals surface area contributed by atoms with Crippen molar-refractivity contribution in [2.75, 3.05) is 38.5 Å². The Labute approximate surface area is 220 Å². The van der Waals surface area contributed by atoms with Crippen molar-refractivity contribution in [3.63, 3.8) is 0 Å². The fourth-order valence-corrected chi connectivity index (χ4v) is 4.88. The zero-order chi connectivity index (χ0) is 28.0. The van der Waals surface area contributed by atoms with E-state index in [0.29, 0.717) is 17.9 Å². The fourth-order valence-electron chi connectivity index (χ4n) is 3.18. The maximum Gasteiger partial charge on any atom is 0.333 e. The van der Waals surface area contributed by atoms with Crippen molar-refractivity contribution >= 4 is 29.8 Å². The minimum absolute atomic E-state index is 0.00955. The standard InChI is InChI=1S/C26H38FNO7SSi/c1-9-33-25(29)24(28-19-15-20(32-5)17-21(16-19)36(6,30)31)22-11-10-18(27)14-23(22)34-12-13-35-37(7,8)26(2,3)4/h10-11,14-17,24,28H,9,12-13H2,1-8H3. The lowest BCUT2D eigenvalue weighted by Crippen LogP contribution is -2.41. The van der Waals surface area contributed by atoms with E-state index in [4.69, 9.17) is 18.6 Å². The van der Waals surface area contributed by atoms with Gasteiger partial charge in [-0.1, -0.05) is 20.8 Å². The van der Waals surface area contributed by atoms with E-state index >= 15 is 0 Å². The van der Waals surface area contributed by atoms with Crippen molar-refractivity contribution in [2.24, 2.45) is 0 Å².